The van der Waals surface area contributed by atoms with Crippen LogP contribution in [0.2, 0.25) is 0 Å². The first kappa shape index (κ1) is 16.4. The number of benzene rings is 1. The van der Waals surface area contributed by atoms with Crippen LogP contribution < -0.4 is 5.32 Å². The Morgan fingerprint density at radius 3 is 2.68 bits per heavy atom. The Morgan fingerprint density at radius 2 is 2.05 bits per heavy atom. The molecule has 1 aliphatic heterocycles. The maximum atomic E-state index is 13.3. The first-order valence-electron chi connectivity index (χ1n) is 6.76. The maximum absolute atomic E-state index is 13.3. The molecule has 0 bridgehead atoms. The molecule has 0 saturated carbocycles. The third-order valence-electron chi connectivity index (χ3n) is 3.29. The quantitative estimate of drug-likeness (QED) is 0.818. The van der Waals surface area contributed by atoms with E-state index < -0.39 is 34.1 Å². The van der Waals surface area contributed by atoms with E-state index in [1.165, 1.54) is 18.2 Å². The van der Waals surface area contributed by atoms with E-state index in [0.29, 0.717) is 6.42 Å². The predicted molar refractivity (Wildman–Crippen MR) is 77.4 cm³/mol. The van der Waals surface area contributed by atoms with E-state index in [-0.39, 0.29) is 29.5 Å². The van der Waals surface area contributed by atoms with Crippen molar-refractivity contribution in [2.75, 3.05) is 23.4 Å². The summed E-state index contributed by atoms with van der Waals surface area (Å²) < 4.78 is 40.6. The summed E-state index contributed by atoms with van der Waals surface area (Å²) in [7, 11) is -3.05. The standard InChI is InChI=1S/C14H16FNO5S/c15-11-3-1-2-4-12(11)16-13(17)8-21-14(18)7-10-5-6-22(19,20)9-10/h1-4,10H,5-9H2,(H,16,17)/t10-/m1/s1. The number of para-hydroxylation sites is 1. The molecule has 6 nitrogen and oxygen atoms in total. The molecular weight excluding hydrogens is 313 g/mol. The Labute approximate surface area is 127 Å². The fourth-order valence-electron chi connectivity index (χ4n) is 2.22. The monoisotopic (exact) mass is 329 g/mol. The topological polar surface area (TPSA) is 89.5 Å². The van der Waals surface area contributed by atoms with Crippen molar-refractivity contribution in [3.63, 3.8) is 0 Å². The molecule has 0 radical (unpaired) electrons. The molecule has 0 aromatic heterocycles. The number of carbonyl (C=O) groups excluding carboxylic acids is 2. The van der Waals surface area contributed by atoms with Crippen LogP contribution in [-0.2, 0) is 24.2 Å². The molecule has 0 spiro atoms. The van der Waals surface area contributed by atoms with E-state index in [4.69, 9.17) is 4.74 Å². The van der Waals surface area contributed by atoms with Crippen LogP contribution in [0.3, 0.4) is 0 Å². The lowest BCUT2D eigenvalue weighted by atomic mass is 10.1. The molecule has 8 heteroatoms. The number of hydrogen-bond acceptors (Lipinski definition) is 5. The number of rotatable bonds is 5. The zero-order chi connectivity index (χ0) is 16.2. The fourth-order valence-corrected chi connectivity index (χ4v) is 4.08. The summed E-state index contributed by atoms with van der Waals surface area (Å²) in [6.07, 6.45) is 0.394. The van der Waals surface area contributed by atoms with Gasteiger partial charge in [-0.05, 0) is 24.5 Å². The minimum Gasteiger partial charge on any atom is -0.456 e. The first-order valence-corrected chi connectivity index (χ1v) is 8.58. The van der Waals surface area contributed by atoms with Gasteiger partial charge in [-0.15, -0.1) is 0 Å². The van der Waals surface area contributed by atoms with Crippen molar-refractivity contribution < 1.29 is 27.1 Å². The molecule has 1 N–H and O–H groups in total. The molecule has 1 heterocycles. The third-order valence-corrected chi connectivity index (χ3v) is 5.13. The van der Waals surface area contributed by atoms with E-state index in [1.54, 1.807) is 6.07 Å². The molecular formula is C14H16FNO5S. The van der Waals surface area contributed by atoms with E-state index in [9.17, 15) is 22.4 Å². The lowest BCUT2D eigenvalue weighted by Gasteiger charge is -2.09. The van der Waals surface area contributed by atoms with Gasteiger partial charge < -0.3 is 10.1 Å². The summed E-state index contributed by atoms with van der Waals surface area (Å²) in [6.45, 7) is -0.535. The molecule has 120 valence electrons. The van der Waals surface area contributed by atoms with Crippen LogP contribution >= 0.6 is 0 Å². The van der Waals surface area contributed by atoms with Crippen molar-refractivity contribution in [2.24, 2.45) is 5.92 Å². The Morgan fingerprint density at radius 1 is 1.32 bits per heavy atom. The van der Waals surface area contributed by atoms with Gasteiger partial charge in [-0.1, -0.05) is 12.1 Å². The fraction of sp³-hybridized carbons (Fsp3) is 0.429. The van der Waals surface area contributed by atoms with Gasteiger partial charge in [0.1, 0.15) is 5.82 Å². The highest BCUT2D eigenvalue weighted by molar-refractivity contribution is 7.91. The normalized spacial score (nSPS) is 19.6. The van der Waals surface area contributed by atoms with Gasteiger partial charge in [0.25, 0.3) is 5.91 Å². The Hall–Kier alpha value is -1.96. The number of carbonyl (C=O) groups is 2. The maximum Gasteiger partial charge on any atom is 0.306 e. The average Bonchev–Trinajstić information content (AvgIpc) is 2.78. The van der Waals surface area contributed by atoms with Crippen molar-refractivity contribution in [3.8, 4) is 0 Å². The SMILES string of the molecule is O=C(COC(=O)C[C@H]1CCS(=O)(=O)C1)Nc1ccccc1F. The zero-order valence-corrected chi connectivity index (χ0v) is 12.6. The summed E-state index contributed by atoms with van der Waals surface area (Å²) in [4.78, 5) is 23.1. The van der Waals surface area contributed by atoms with Gasteiger partial charge in [0.2, 0.25) is 0 Å². The van der Waals surface area contributed by atoms with Gasteiger partial charge in [-0.2, -0.15) is 0 Å². The zero-order valence-electron chi connectivity index (χ0n) is 11.7. The van der Waals surface area contributed by atoms with Gasteiger partial charge in [-0.25, -0.2) is 12.8 Å². The minimum absolute atomic E-state index is 0.00503. The molecule has 1 fully saturated rings. The van der Waals surface area contributed by atoms with Crippen LogP contribution in [0.5, 0.6) is 0 Å². The number of esters is 1. The second kappa shape index (κ2) is 6.87. The number of anilines is 1. The van der Waals surface area contributed by atoms with Crippen LogP contribution in [0.25, 0.3) is 0 Å². The predicted octanol–water partition coefficient (Wildman–Crippen LogP) is 1.13. The second-order valence-corrected chi connectivity index (χ2v) is 7.39. The van der Waals surface area contributed by atoms with Gasteiger partial charge >= 0.3 is 5.97 Å². The van der Waals surface area contributed by atoms with Crippen LogP contribution in [0.15, 0.2) is 24.3 Å². The number of nitrogens with one attached hydrogen (secondary N) is 1. The number of sulfone groups is 1. The first-order chi connectivity index (χ1) is 10.4. The Balaban J connectivity index is 1.74. The molecule has 1 saturated heterocycles. The highest BCUT2D eigenvalue weighted by Crippen LogP contribution is 2.21. The van der Waals surface area contributed by atoms with E-state index >= 15 is 0 Å². The minimum atomic E-state index is -3.05. The molecule has 2 rings (SSSR count). The van der Waals surface area contributed by atoms with Gasteiger partial charge in [0, 0.05) is 6.42 Å². The molecule has 0 unspecified atom stereocenters. The molecule has 1 amide bonds. The van der Waals surface area contributed by atoms with Crippen LogP contribution in [0, 0.1) is 11.7 Å². The van der Waals surface area contributed by atoms with Crippen molar-refractivity contribution in [3.05, 3.63) is 30.1 Å². The highest BCUT2D eigenvalue weighted by Gasteiger charge is 2.29. The van der Waals surface area contributed by atoms with Gasteiger partial charge in [-0.3, -0.25) is 9.59 Å². The van der Waals surface area contributed by atoms with Crippen molar-refractivity contribution in [2.45, 2.75) is 12.8 Å². The molecule has 22 heavy (non-hydrogen) atoms. The number of ether oxygens (including phenoxy) is 1. The van der Waals surface area contributed by atoms with Crippen molar-refractivity contribution in [1.29, 1.82) is 0 Å². The molecule has 1 atom stereocenters. The average molecular weight is 329 g/mol. The number of hydrogen-bond donors (Lipinski definition) is 1. The third kappa shape index (κ3) is 4.80. The van der Waals surface area contributed by atoms with E-state index in [1.807, 2.05) is 0 Å². The van der Waals surface area contributed by atoms with E-state index in [2.05, 4.69) is 5.32 Å². The lowest BCUT2D eigenvalue weighted by molar-refractivity contribution is -0.148. The summed E-state index contributed by atoms with van der Waals surface area (Å²) in [5, 5.41) is 2.29. The Bertz CT molecular complexity index is 674. The second-order valence-electron chi connectivity index (χ2n) is 5.16. The van der Waals surface area contributed by atoms with Crippen LogP contribution in [0.1, 0.15) is 12.8 Å². The summed E-state index contributed by atoms with van der Waals surface area (Å²) in [5.74, 6) is -2.07. The molecule has 1 aliphatic rings. The van der Waals surface area contributed by atoms with Gasteiger partial charge in [0.15, 0.2) is 16.4 Å². The van der Waals surface area contributed by atoms with Crippen LogP contribution in [-0.4, -0.2) is 38.4 Å². The Kier molecular flexibility index (Phi) is 5.12. The summed E-state index contributed by atoms with van der Waals surface area (Å²) >= 11 is 0. The molecule has 1 aromatic rings. The van der Waals surface area contributed by atoms with Crippen LogP contribution in [0.4, 0.5) is 10.1 Å². The number of halogens is 1. The highest BCUT2D eigenvalue weighted by atomic mass is 32.2. The summed E-state index contributed by atoms with van der Waals surface area (Å²) in [6, 6.07) is 5.63. The molecule has 1 aromatic carbocycles. The largest absolute Gasteiger partial charge is 0.456 e. The molecule has 0 aliphatic carbocycles. The van der Waals surface area contributed by atoms with Crippen molar-refractivity contribution in [1.82, 2.24) is 0 Å². The number of amides is 1. The smallest absolute Gasteiger partial charge is 0.306 e. The van der Waals surface area contributed by atoms with Crippen molar-refractivity contribution >= 4 is 27.4 Å². The van der Waals surface area contributed by atoms with E-state index in [0.717, 1.165) is 0 Å². The lowest BCUT2D eigenvalue weighted by Crippen LogP contribution is -2.22. The summed E-state index contributed by atoms with van der Waals surface area (Å²) in [5.41, 5.74) is 0.00503. The van der Waals surface area contributed by atoms with Gasteiger partial charge in [0.05, 0.1) is 17.2 Å².